The number of carboxylic acid groups (broad SMARTS) is 1. The summed E-state index contributed by atoms with van der Waals surface area (Å²) in [5, 5.41) is 41.4. The van der Waals surface area contributed by atoms with E-state index in [-0.39, 0.29) is 25.3 Å². The standard InChI is InChI=1S/C12H22N4O6/c13-6(11(21)22)2-1-3-14-12-15-7(10(20)16-12)4-8(18)9(19)5-17/h6-9,17-19H,1-5,13H2,(H,21,22)(H2,14,15,16,20)/t6-,7?,8+,9+/m0/s1. The molecule has 1 aliphatic heterocycles. The maximum absolute atomic E-state index is 11.7. The Hall–Kier alpha value is -1.75. The first-order chi connectivity index (χ1) is 10.3. The molecule has 1 saturated heterocycles. The second-order valence-electron chi connectivity index (χ2n) is 5.06. The van der Waals surface area contributed by atoms with E-state index in [9.17, 15) is 19.8 Å². The Morgan fingerprint density at radius 2 is 2.05 bits per heavy atom. The topological polar surface area (TPSA) is 177 Å². The Balaban J connectivity index is 2.38. The van der Waals surface area contributed by atoms with Crippen LogP contribution in [0.3, 0.4) is 0 Å². The number of nitrogens with zero attached hydrogens (tertiary/aromatic N) is 1. The highest BCUT2D eigenvalue weighted by atomic mass is 16.4. The Bertz CT molecular complexity index is 430. The molecule has 22 heavy (non-hydrogen) atoms. The highest BCUT2D eigenvalue weighted by Crippen LogP contribution is 2.07. The quantitative estimate of drug-likeness (QED) is 0.216. The number of aliphatic carboxylic acids is 1. The van der Waals surface area contributed by atoms with Gasteiger partial charge in [-0.2, -0.15) is 0 Å². The molecule has 10 heteroatoms. The SMILES string of the molecule is N[C@@H](CCCN=C1NC(=O)C(C[C@@H](O)[C@H](O)CO)N1)C(=O)O. The van der Waals surface area contributed by atoms with Gasteiger partial charge in [-0.3, -0.25) is 19.9 Å². The van der Waals surface area contributed by atoms with E-state index >= 15 is 0 Å². The van der Waals surface area contributed by atoms with Gasteiger partial charge >= 0.3 is 5.97 Å². The van der Waals surface area contributed by atoms with Crippen molar-refractivity contribution in [1.29, 1.82) is 0 Å². The summed E-state index contributed by atoms with van der Waals surface area (Å²) < 4.78 is 0. The molecule has 0 aromatic rings. The summed E-state index contributed by atoms with van der Waals surface area (Å²) in [6.45, 7) is -0.307. The number of aliphatic imine (C=N–C) groups is 1. The summed E-state index contributed by atoms with van der Waals surface area (Å²) in [5.41, 5.74) is 5.35. The number of guanidine groups is 1. The zero-order valence-electron chi connectivity index (χ0n) is 12.0. The van der Waals surface area contributed by atoms with E-state index < -0.39 is 42.8 Å². The number of hydrogen-bond donors (Lipinski definition) is 7. The number of nitrogens with two attached hydrogens (primary N) is 1. The Morgan fingerprint density at radius 1 is 1.36 bits per heavy atom. The van der Waals surface area contributed by atoms with Crippen molar-refractivity contribution in [3.63, 3.8) is 0 Å². The Kier molecular flexibility index (Phi) is 7.18. The number of hydrogen-bond acceptors (Lipinski definition) is 7. The molecule has 0 spiro atoms. The fourth-order valence-corrected chi connectivity index (χ4v) is 1.87. The van der Waals surface area contributed by atoms with Gasteiger partial charge < -0.3 is 31.5 Å². The van der Waals surface area contributed by atoms with Crippen LogP contribution in [0.25, 0.3) is 0 Å². The van der Waals surface area contributed by atoms with Gasteiger partial charge in [-0.05, 0) is 12.8 Å². The van der Waals surface area contributed by atoms with Crippen molar-refractivity contribution in [3.05, 3.63) is 0 Å². The zero-order valence-corrected chi connectivity index (χ0v) is 12.0. The van der Waals surface area contributed by atoms with E-state index in [2.05, 4.69) is 15.6 Å². The van der Waals surface area contributed by atoms with Crippen molar-refractivity contribution in [2.45, 2.75) is 43.6 Å². The molecule has 0 aromatic heterocycles. The summed E-state index contributed by atoms with van der Waals surface area (Å²) in [7, 11) is 0. The maximum Gasteiger partial charge on any atom is 0.320 e. The third-order valence-corrected chi connectivity index (χ3v) is 3.24. The van der Waals surface area contributed by atoms with Gasteiger partial charge in [0.25, 0.3) is 0 Å². The van der Waals surface area contributed by atoms with Gasteiger partial charge in [0.15, 0.2) is 5.96 Å². The van der Waals surface area contributed by atoms with Crippen LogP contribution in [0.1, 0.15) is 19.3 Å². The minimum Gasteiger partial charge on any atom is -0.480 e. The summed E-state index contributed by atoms with van der Waals surface area (Å²) in [4.78, 5) is 26.2. The molecule has 1 amide bonds. The van der Waals surface area contributed by atoms with Gasteiger partial charge in [0.05, 0.1) is 12.7 Å². The first-order valence-corrected chi connectivity index (χ1v) is 6.92. The van der Waals surface area contributed by atoms with Crippen molar-refractivity contribution < 1.29 is 30.0 Å². The molecule has 1 aliphatic rings. The summed E-state index contributed by atoms with van der Waals surface area (Å²) in [6.07, 6.45) is -1.90. The normalized spacial score (nSPS) is 23.7. The van der Waals surface area contributed by atoms with Gasteiger partial charge in [0.1, 0.15) is 18.2 Å². The smallest absolute Gasteiger partial charge is 0.320 e. The van der Waals surface area contributed by atoms with Crippen LogP contribution in [0.15, 0.2) is 4.99 Å². The highest BCUT2D eigenvalue weighted by molar-refractivity contribution is 6.06. The maximum atomic E-state index is 11.7. The lowest BCUT2D eigenvalue weighted by atomic mass is 10.1. The van der Waals surface area contributed by atoms with E-state index in [1.165, 1.54) is 0 Å². The lowest BCUT2D eigenvalue weighted by Crippen LogP contribution is -2.39. The van der Waals surface area contributed by atoms with Crippen molar-refractivity contribution in [1.82, 2.24) is 10.6 Å². The molecule has 1 heterocycles. The van der Waals surface area contributed by atoms with Crippen LogP contribution in [0.2, 0.25) is 0 Å². The van der Waals surface area contributed by atoms with Crippen molar-refractivity contribution in [2.24, 2.45) is 10.7 Å². The van der Waals surface area contributed by atoms with Crippen molar-refractivity contribution in [3.8, 4) is 0 Å². The molecule has 0 aromatic carbocycles. The first kappa shape index (κ1) is 18.3. The number of amides is 1. The van der Waals surface area contributed by atoms with Crippen molar-refractivity contribution >= 4 is 17.8 Å². The predicted molar refractivity (Wildman–Crippen MR) is 75.9 cm³/mol. The number of aliphatic hydroxyl groups is 3. The molecule has 10 nitrogen and oxygen atoms in total. The van der Waals surface area contributed by atoms with Crippen LogP contribution in [0.4, 0.5) is 0 Å². The molecule has 1 unspecified atom stereocenters. The number of aliphatic hydroxyl groups excluding tert-OH is 3. The number of carbonyl (C=O) groups is 2. The summed E-state index contributed by atoms with van der Waals surface area (Å²) >= 11 is 0. The van der Waals surface area contributed by atoms with E-state index in [1.807, 2.05) is 0 Å². The summed E-state index contributed by atoms with van der Waals surface area (Å²) in [5.74, 6) is -1.24. The zero-order chi connectivity index (χ0) is 16.7. The van der Waals surface area contributed by atoms with Crippen LogP contribution < -0.4 is 16.4 Å². The van der Waals surface area contributed by atoms with Crippen LogP contribution in [-0.2, 0) is 9.59 Å². The van der Waals surface area contributed by atoms with Gasteiger partial charge in [0, 0.05) is 13.0 Å². The molecule has 8 N–H and O–H groups in total. The van der Waals surface area contributed by atoms with Gasteiger partial charge in [-0.25, -0.2) is 0 Å². The second-order valence-corrected chi connectivity index (χ2v) is 5.06. The minimum absolute atomic E-state index is 0.0729. The lowest BCUT2D eigenvalue weighted by Gasteiger charge is -2.17. The molecular weight excluding hydrogens is 296 g/mol. The molecule has 0 bridgehead atoms. The molecule has 0 aliphatic carbocycles. The number of nitrogens with one attached hydrogen (secondary N) is 2. The molecule has 4 atom stereocenters. The van der Waals surface area contributed by atoms with Gasteiger partial charge in [-0.1, -0.05) is 0 Å². The second kappa shape index (κ2) is 8.63. The Labute approximate surface area is 127 Å². The third-order valence-electron chi connectivity index (χ3n) is 3.24. The van der Waals surface area contributed by atoms with E-state index in [0.717, 1.165) is 0 Å². The van der Waals surface area contributed by atoms with E-state index in [4.69, 9.17) is 15.9 Å². The first-order valence-electron chi connectivity index (χ1n) is 6.92. The molecular formula is C12H22N4O6. The van der Waals surface area contributed by atoms with E-state index in [1.54, 1.807) is 0 Å². The molecule has 0 radical (unpaired) electrons. The average Bonchev–Trinajstić information content (AvgIpc) is 2.82. The van der Waals surface area contributed by atoms with E-state index in [0.29, 0.717) is 6.42 Å². The molecule has 1 rings (SSSR count). The Morgan fingerprint density at radius 3 is 2.64 bits per heavy atom. The van der Waals surface area contributed by atoms with Gasteiger partial charge in [-0.15, -0.1) is 0 Å². The van der Waals surface area contributed by atoms with Gasteiger partial charge in [0.2, 0.25) is 5.91 Å². The van der Waals surface area contributed by atoms with Crippen molar-refractivity contribution in [2.75, 3.05) is 13.2 Å². The number of carboxylic acids is 1. The van der Waals surface area contributed by atoms with Crippen LogP contribution >= 0.6 is 0 Å². The number of carbonyl (C=O) groups excluding carboxylic acids is 1. The lowest BCUT2D eigenvalue weighted by molar-refractivity contribution is -0.138. The largest absolute Gasteiger partial charge is 0.480 e. The third kappa shape index (κ3) is 5.56. The van der Waals surface area contributed by atoms with Crippen LogP contribution in [0, 0.1) is 0 Å². The van der Waals surface area contributed by atoms with Crippen LogP contribution in [-0.4, -0.2) is 75.7 Å². The monoisotopic (exact) mass is 318 g/mol. The fourth-order valence-electron chi connectivity index (χ4n) is 1.87. The number of rotatable bonds is 9. The molecule has 1 fully saturated rings. The fraction of sp³-hybridized carbons (Fsp3) is 0.750. The van der Waals surface area contributed by atoms with Crippen LogP contribution in [0.5, 0.6) is 0 Å². The summed E-state index contributed by atoms with van der Waals surface area (Å²) in [6, 6.07) is -1.69. The minimum atomic E-state index is -1.31. The molecule has 126 valence electrons. The highest BCUT2D eigenvalue weighted by Gasteiger charge is 2.31. The average molecular weight is 318 g/mol. The predicted octanol–water partition coefficient (Wildman–Crippen LogP) is -3.27. The molecule has 0 saturated carbocycles.